The van der Waals surface area contributed by atoms with E-state index in [0.29, 0.717) is 24.5 Å². The summed E-state index contributed by atoms with van der Waals surface area (Å²) in [5.41, 5.74) is 0.956. The first kappa shape index (κ1) is 17.3. The summed E-state index contributed by atoms with van der Waals surface area (Å²) in [6.07, 6.45) is 0.813. The SMILES string of the molecule is COC(=O)CC(Cc1ccc(OC)cc1OC)NCCO. The van der Waals surface area contributed by atoms with E-state index in [0.717, 1.165) is 5.56 Å². The Morgan fingerprint density at radius 3 is 2.62 bits per heavy atom. The molecule has 0 amide bonds. The van der Waals surface area contributed by atoms with E-state index in [9.17, 15) is 4.79 Å². The lowest BCUT2D eigenvalue weighted by Crippen LogP contribution is -2.35. The highest BCUT2D eigenvalue weighted by Crippen LogP contribution is 2.26. The van der Waals surface area contributed by atoms with Gasteiger partial charge in [0.05, 0.1) is 34.4 Å². The van der Waals surface area contributed by atoms with Gasteiger partial charge in [-0.3, -0.25) is 4.79 Å². The number of carbonyl (C=O) groups excluding carboxylic acids is 1. The Labute approximate surface area is 125 Å². The van der Waals surface area contributed by atoms with E-state index in [2.05, 4.69) is 5.32 Å². The maximum atomic E-state index is 11.5. The molecule has 0 saturated carbocycles. The Kier molecular flexibility index (Phi) is 7.56. The standard InChI is InChI=1S/C15H23NO5/c1-19-13-5-4-11(14(10-13)20-2)8-12(16-6-7-17)9-15(18)21-3/h4-5,10,12,16-17H,6-9H2,1-3H3. The molecule has 0 radical (unpaired) electrons. The summed E-state index contributed by atoms with van der Waals surface area (Å²) >= 11 is 0. The number of nitrogens with one attached hydrogen (secondary N) is 1. The number of hydrogen-bond acceptors (Lipinski definition) is 6. The number of aliphatic hydroxyl groups is 1. The quantitative estimate of drug-likeness (QED) is 0.655. The van der Waals surface area contributed by atoms with Crippen LogP contribution < -0.4 is 14.8 Å². The van der Waals surface area contributed by atoms with Gasteiger partial charge in [0.1, 0.15) is 11.5 Å². The zero-order valence-corrected chi connectivity index (χ0v) is 12.7. The van der Waals surface area contributed by atoms with Gasteiger partial charge in [0.15, 0.2) is 0 Å². The minimum atomic E-state index is -0.294. The van der Waals surface area contributed by atoms with E-state index in [1.165, 1.54) is 7.11 Å². The number of rotatable bonds is 9. The minimum Gasteiger partial charge on any atom is -0.497 e. The number of benzene rings is 1. The van der Waals surface area contributed by atoms with Crippen LogP contribution in [0.5, 0.6) is 11.5 Å². The van der Waals surface area contributed by atoms with Crippen LogP contribution in [0, 0.1) is 0 Å². The Morgan fingerprint density at radius 1 is 1.29 bits per heavy atom. The first-order valence-corrected chi connectivity index (χ1v) is 6.76. The average molecular weight is 297 g/mol. The molecule has 0 aliphatic heterocycles. The van der Waals surface area contributed by atoms with Crippen molar-refractivity contribution >= 4 is 5.97 Å². The molecule has 1 rings (SSSR count). The fourth-order valence-corrected chi connectivity index (χ4v) is 2.06. The third-order valence-electron chi connectivity index (χ3n) is 3.15. The molecule has 2 N–H and O–H groups in total. The topological polar surface area (TPSA) is 77.0 Å². The third-order valence-corrected chi connectivity index (χ3v) is 3.15. The molecule has 0 bridgehead atoms. The largest absolute Gasteiger partial charge is 0.497 e. The van der Waals surface area contributed by atoms with Crippen LogP contribution in [0.3, 0.4) is 0 Å². The first-order chi connectivity index (χ1) is 10.1. The van der Waals surface area contributed by atoms with Crippen molar-refractivity contribution in [2.45, 2.75) is 18.9 Å². The van der Waals surface area contributed by atoms with E-state index in [-0.39, 0.29) is 25.0 Å². The molecule has 1 aromatic rings. The number of aliphatic hydroxyl groups excluding tert-OH is 1. The second-order valence-corrected chi connectivity index (χ2v) is 4.54. The van der Waals surface area contributed by atoms with Crippen molar-refractivity contribution < 1.29 is 24.1 Å². The maximum Gasteiger partial charge on any atom is 0.307 e. The number of ether oxygens (including phenoxy) is 3. The first-order valence-electron chi connectivity index (χ1n) is 6.76. The predicted octanol–water partition coefficient (Wildman–Crippen LogP) is 0.760. The molecule has 0 aliphatic rings. The van der Waals surface area contributed by atoms with Gasteiger partial charge in [-0.15, -0.1) is 0 Å². The smallest absolute Gasteiger partial charge is 0.307 e. The van der Waals surface area contributed by atoms with Crippen LogP contribution in [0.15, 0.2) is 18.2 Å². The van der Waals surface area contributed by atoms with E-state index >= 15 is 0 Å². The van der Waals surface area contributed by atoms with Crippen molar-refractivity contribution in [1.82, 2.24) is 5.32 Å². The van der Waals surface area contributed by atoms with Gasteiger partial charge in [0.25, 0.3) is 0 Å². The molecule has 0 fully saturated rings. The number of esters is 1. The molecule has 1 atom stereocenters. The van der Waals surface area contributed by atoms with Gasteiger partial charge in [-0.25, -0.2) is 0 Å². The summed E-state index contributed by atoms with van der Waals surface area (Å²) in [5.74, 6) is 1.12. The second kappa shape index (κ2) is 9.20. The van der Waals surface area contributed by atoms with Gasteiger partial charge in [-0.2, -0.15) is 0 Å². The van der Waals surface area contributed by atoms with Gasteiger partial charge >= 0.3 is 5.97 Å². The Morgan fingerprint density at radius 2 is 2.05 bits per heavy atom. The molecule has 1 aromatic carbocycles. The van der Waals surface area contributed by atoms with Gasteiger partial charge in [0, 0.05) is 18.7 Å². The molecule has 21 heavy (non-hydrogen) atoms. The predicted molar refractivity (Wildman–Crippen MR) is 78.8 cm³/mol. The van der Waals surface area contributed by atoms with Crippen LogP contribution in [0.4, 0.5) is 0 Å². The molecule has 1 unspecified atom stereocenters. The summed E-state index contributed by atoms with van der Waals surface area (Å²) < 4.78 is 15.2. The molecule has 0 heterocycles. The lowest BCUT2D eigenvalue weighted by Gasteiger charge is -2.19. The number of methoxy groups -OCH3 is 3. The van der Waals surface area contributed by atoms with Crippen molar-refractivity contribution in [1.29, 1.82) is 0 Å². The van der Waals surface area contributed by atoms with Crippen molar-refractivity contribution in [3.8, 4) is 11.5 Å². The fourth-order valence-electron chi connectivity index (χ4n) is 2.06. The third kappa shape index (κ3) is 5.61. The highest BCUT2D eigenvalue weighted by atomic mass is 16.5. The summed E-state index contributed by atoms with van der Waals surface area (Å²) in [7, 11) is 4.55. The summed E-state index contributed by atoms with van der Waals surface area (Å²) in [6, 6.07) is 5.42. The van der Waals surface area contributed by atoms with Crippen molar-refractivity contribution in [2.75, 3.05) is 34.5 Å². The van der Waals surface area contributed by atoms with Gasteiger partial charge in [-0.05, 0) is 18.1 Å². The van der Waals surface area contributed by atoms with Crippen LogP contribution in [-0.4, -0.2) is 51.6 Å². The highest BCUT2D eigenvalue weighted by Gasteiger charge is 2.17. The van der Waals surface area contributed by atoms with Crippen molar-refractivity contribution in [3.05, 3.63) is 23.8 Å². The highest BCUT2D eigenvalue weighted by molar-refractivity contribution is 5.70. The summed E-state index contributed by atoms with van der Waals surface area (Å²) in [5, 5.41) is 12.0. The summed E-state index contributed by atoms with van der Waals surface area (Å²) in [4.78, 5) is 11.5. The zero-order chi connectivity index (χ0) is 15.7. The average Bonchev–Trinajstić information content (AvgIpc) is 2.52. The molecule has 0 spiro atoms. The lowest BCUT2D eigenvalue weighted by molar-refractivity contribution is -0.141. The molecule has 6 heteroatoms. The molecule has 6 nitrogen and oxygen atoms in total. The van der Waals surface area contributed by atoms with Crippen LogP contribution in [0.2, 0.25) is 0 Å². The normalized spacial score (nSPS) is 11.8. The monoisotopic (exact) mass is 297 g/mol. The molecular weight excluding hydrogens is 274 g/mol. The van der Waals surface area contributed by atoms with Gasteiger partial charge in [-0.1, -0.05) is 6.07 Å². The summed E-state index contributed by atoms with van der Waals surface area (Å²) in [6.45, 7) is 0.428. The molecule has 0 aromatic heterocycles. The minimum absolute atomic E-state index is 0.0113. The maximum absolute atomic E-state index is 11.5. The van der Waals surface area contributed by atoms with Crippen LogP contribution in [-0.2, 0) is 16.0 Å². The number of hydrogen-bond donors (Lipinski definition) is 2. The van der Waals surface area contributed by atoms with Crippen LogP contribution >= 0.6 is 0 Å². The number of carbonyl (C=O) groups is 1. The fraction of sp³-hybridized carbons (Fsp3) is 0.533. The zero-order valence-electron chi connectivity index (χ0n) is 12.7. The lowest BCUT2D eigenvalue weighted by atomic mass is 10.0. The van der Waals surface area contributed by atoms with E-state index in [4.69, 9.17) is 19.3 Å². The second-order valence-electron chi connectivity index (χ2n) is 4.54. The van der Waals surface area contributed by atoms with Gasteiger partial charge < -0.3 is 24.6 Å². The Hall–Kier alpha value is -1.79. The molecule has 118 valence electrons. The van der Waals surface area contributed by atoms with Crippen LogP contribution in [0.1, 0.15) is 12.0 Å². The molecule has 0 saturated heterocycles. The van der Waals surface area contributed by atoms with Gasteiger partial charge in [0.2, 0.25) is 0 Å². The van der Waals surface area contributed by atoms with Crippen LogP contribution in [0.25, 0.3) is 0 Å². The Balaban J connectivity index is 2.83. The van der Waals surface area contributed by atoms with Crippen molar-refractivity contribution in [3.63, 3.8) is 0 Å². The van der Waals surface area contributed by atoms with E-state index < -0.39 is 0 Å². The van der Waals surface area contributed by atoms with Crippen molar-refractivity contribution in [2.24, 2.45) is 0 Å². The Bertz CT molecular complexity index is 450. The molecule has 0 aliphatic carbocycles. The van der Waals surface area contributed by atoms with E-state index in [1.54, 1.807) is 20.3 Å². The molecular formula is C15H23NO5. The van der Waals surface area contributed by atoms with E-state index in [1.807, 2.05) is 12.1 Å².